The van der Waals surface area contributed by atoms with Crippen LogP contribution in [0.25, 0.3) is 0 Å². The molecule has 0 spiro atoms. The van der Waals surface area contributed by atoms with Crippen molar-refractivity contribution in [1.29, 1.82) is 0 Å². The van der Waals surface area contributed by atoms with Gasteiger partial charge in [-0.05, 0) is 11.1 Å². The Labute approximate surface area is 110 Å². The summed E-state index contributed by atoms with van der Waals surface area (Å²) in [6, 6.07) is 6.68. The standard InChI is InChI=1S/C13H18O6/c14-5-7-1-3-8(4-2-7)13-12(18)11(17)10(16)9(6-15)19-13/h1-4,9-18H,5-6H2/t9-,10-,11+,12-,13?/m1/s1. The fourth-order valence-corrected chi connectivity index (χ4v) is 2.19. The normalized spacial score (nSPS) is 35.3. The number of aliphatic hydroxyl groups is 5. The Hall–Kier alpha value is -1.02. The molecule has 0 radical (unpaired) electrons. The molecule has 5 N–H and O–H groups in total. The molecule has 0 bridgehead atoms. The van der Waals surface area contributed by atoms with Gasteiger partial charge in [-0.2, -0.15) is 0 Å². The van der Waals surface area contributed by atoms with Crippen LogP contribution in [-0.2, 0) is 11.3 Å². The zero-order chi connectivity index (χ0) is 14.0. The summed E-state index contributed by atoms with van der Waals surface area (Å²) in [6.45, 7) is -0.537. The van der Waals surface area contributed by atoms with Gasteiger partial charge in [0.05, 0.1) is 13.2 Å². The summed E-state index contributed by atoms with van der Waals surface area (Å²) in [5.74, 6) is 0. The largest absolute Gasteiger partial charge is 0.394 e. The van der Waals surface area contributed by atoms with E-state index in [4.69, 9.17) is 14.9 Å². The molecular formula is C13H18O6. The van der Waals surface area contributed by atoms with Gasteiger partial charge in [0.2, 0.25) is 0 Å². The lowest BCUT2D eigenvalue weighted by Crippen LogP contribution is -2.55. The van der Waals surface area contributed by atoms with Crippen molar-refractivity contribution in [3.05, 3.63) is 35.4 Å². The molecule has 5 atom stereocenters. The fourth-order valence-electron chi connectivity index (χ4n) is 2.19. The van der Waals surface area contributed by atoms with Crippen molar-refractivity contribution in [3.63, 3.8) is 0 Å². The molecule has 0 aliphatic carbocycles. The minimum Gasteiger partial charge on any atom is -0.394 e. The average molecular weight is 270 g/mol. The number of rotatable bonds is 3. The number of hydrogen-bond acceptors (Lipinski definition) is 6. The quantitative estimate of drug-likeness (QED) is 0.466. The maximum Gasteiger partial charge on any atom is 0.113 e. The molecule has 1 aliphatic rings. The van der Waals surface area contributed by atoms with Crippen LogP contribution in [0.5, 0.6) is 0 Å². The summed E-state index contributed by atoms with van der Waals surface area (Å²) in [6.07, 6.45) is -5.76. The third-order valence-corrected chi connectivity index (χ3v) is 3.38. The van der Waals surface area contributed by atoms with E-state index in [2.05, 4.69) is 0 Å². The summed E-state index contributed by atoms with van der Waals surface area (Å²) in [5.41, 5.74) is 1.32. The van der Waals surface area contributed by atoms with Crippen LogP contribution in [0.15, 0.2) is 24.3 Å². The van der Waals surface area contributed by atoms with Gasteiger partial charge in [-0.3, -0.25) is 0 Å². The molecule has 1 fully saturated rings. The molecule has 106 valence electrons. The van der Waals surface area contributed by atoms with Gasteiger partial charge < -0.3 is 30.3 Å². The summed E-state index contributed by atoms with van der Waals surface area (Å²) < 4.78 is 5.42. The van der Waals surface area contributed by atoms with Crippen molar-refractivity contribution in [2.45, 2.75) is 37.1 Å². The molecule has 0 amide bonds. The van der Waals surface area contributed by atoms with Crippen LogP contribution in [0.4, 0.5) is 0 Å². The lowest BCUT2D eigenvalue weighted by molar-refractivity contribution is -0.231. The van der Waals surface area contributed by atoms with Crippen LogP contribution in [-0.4, -0.2) is 56.6 Å². The van der Waals surface area contributed by atoms with Gasteiger partial charge in [-0.1, -0.05) is 24.3 Å². The van der Waals surface area contributed by atoms with E-state index in [1.54, 1.807) is 24.3 Å². The molecule has 1 unspecified atom stereocenters. The maximum absolute atomic E-state index is 9.94. The average Bonchev–Trinajstić information content (AvgIpc) is 2.45. The summed E-state index contributed by atoms with van der Waals surface area (Å²) in [4.78, 5) is 0. The molecule has 1 heterocycles. The van der Waals surface area contributed by atoms with Crippen molar-refractivity contribution in [1.82, 2.24) is 0 Å². The van der Waals surface area contributed by atoms with E-state index in [1.165, 1.54) is 0 Å². The Morgan fingerprint density at radius 1 is 0.895 bits per heavy atom. The Morgan fingerprint density at radius 3 is 2.05 bits per heavy atom. The van der Waals surface area contributed by atoms with Crippen LogP contribution in [0.3, 0.4) is 0 Å². The maximum atomic E-state index is 9.94. The first kappa shape index (κ1) is 14.4. The minimum absolute atomic E-state index is 0.0883. The highest BCUT2D eigenvalue weighted by Gasteiger charge is 2.43. The summed E-state index contributed by atoms with van der Waals surface area (Å²) >= 11 is 0. The van der Waals surface area contributed by atoms with Crippen molar-refractivity contribution < 1.29 is 30.3 Å². The SMILES string of the molecule is OCc1ccc(C2O[C@H](CO)[C@@H](O)[C@H](O)[C@H]2O)cc1. The monoisotopic (exact) mass is 270 g/mol. The molecule has 19 heavy (non-hydrogen) atoms. The molecule has 1 aromatic rings. The lowest BCUT2D eigenvalue weighted by atomic mass is 9.91. The zero-order valence-corrected chi connectivity index (χ0v) is 10.3. The van der Waals surface area contributed by atoms with Crippen molar-refractivity contribution in [3.8, 4) is 0 Å². The van der Waals surface area contributed by atoms with Crippen molar-refractivity contribution in [2.24, 2.45) is 0 Å². The molecule has 6 nitrogen and oxygen atoms in total. The first-order valence-electron chi connectivity index (χ1n) is 6.08. The number of benzene rings is 1. The van der Waals surface area contributed by atoms with Gasteiger partial charge in [0.1, 0.15) is 30.5 Å². The van der Waals surface area contributed by atoms with E-state index in [1.807, 2.05) is 0 Å². The second-order valence-corrected chi connectivity index (χ2v) is 4.65. The van der Waals surface area contributed by atoms with E-state index in [0.717, 1.165) is 0 Å². The highest BCUT2D eigenvalue weighted by Crippen LogP contribution is 2.32. The van der Waals surface area contributed by atoms with Gasteiger partial charge in [-0.15, -0.1) is 0 Å². The van der Waals surface area contributed by atoms with Crippen LogP contribution >= 0.6 is 0 Å². The van der Waals surface area contributed by atoms with Crippen LogP contribution in [0, 0.1) is 0 Å². The number of aliphatic hydroxyl groups excluding tert-OH is 5. The van der Waals surface area contributed by atoms with Gasteiger partial charge in [-0.25, -0.2) is 0 Å². The van der Waals surface area contributed by atoms with Crippen molar-refractivity contribution in [2.75, 3.05) is 6.61 Å². The summed E-state index contributed by atoms with van der Waals surface area (Å²) in [7, 11) is 0. The molecular weight excluding hydrogens is 252 g/mol. The Morgan fingerprint density at radius 2 is 1.53 bits per heavy atom. The third-order valence-electron chi connectivity index (χ3n) is 3.38. The number of hydrogen-bond donors (Lipinski definition) is 5. The molecule has 2 rings (SSSR count). The highest BCUT2D eigenvalue weighted by atomic mass is 16.5. The predicted octanol–water partition coefficient (Wildman–Crippen LogP) is -1.31. The van der Waals surface area contributed by atoms with Gasteiger partial charge in [0, 0.05) is 0 Å². The second-order valence-electron chi connectivity index (χ2n) is 4.65. The highest BCUT2D eigenvalue weighted by molar-refractivity contribution is 5.25. The predicted molar refractivity (Wildman–Crippen MR) is 65.1 cm³/mol. The van der Waals surface area contributed by atoms with Gasteiger partial charge in [0.25, 0.3) is 0 Å². The van der Waals surface area contributed by atoms with E-state index in [-0.39, 0.29) is 6.61 Å². The van der Waals surface area contributed by atoms with Crippen LogP contribution in [0.1, 0.15) is 17.2 Å². The third kappa shape index (κ3) is 2.79. The number of ether oxygens (including phenoxy) is 1. The van der Waals surface area contributed by atoms with E-state index in [9.17, 15) is 15.3 Å². The molecule has 1 aromatic carbocycles. The van der Waals surface area contributed by atoms with Crippen LogP contribution < -0.4 is 0 Å². The smallest absolute Gasteiger partial charge is 0.113 e. The topological polar surface area (TPSA) is 110 Å². The lowest BCUT2D eigenvalue weighted by Gasteiger charge is -2.40. The Balaban J connectivity index is 2.21. The van der Waals surface area contributed by atoms with Crippen LogP contribution in [0.2, 0.25) is 0 Å². The first-order chi connectivity index (χ1) is 9.08. The second kappa shape index (κ2) is 5.96. The fraction of sp³-hybridized carbons (Fsp3) is 0.538. The zero-order valence-electron chi connectivity index (χ0n) is 10.3. The minimum atomic E-state index is -1.38. The van der Waals surface area contributed by atoms with E-state index >= 15 is 0 Å². The molecule has 0 aromatic heterocycles. The van der Waals surface area contributed by atoms with E-state index in [0.29, 0.717) is 11.1 Å². The summed E-state index contributed by atoms with van der Waals surface area (Å²) in [5, 5.41) is 47.4. The van der Waals surface area contributed by atoms with Gasteiger partial charge >= 0.3 is 0 Å². The molecule has 1 aliphatic heterocycles. The van der Waals surface area contributed by atoms with Gasteiger partial charge in [0.15, 0.2) is 0 Å². The molecule has 0 saturated carbocycles. The molecule has 6 heteroatoms. The first-order valence-corrected chi connectivity index (χ1v) is 6.08. The van der Waals surface area contributed by atoms with Crippen molar-refractivity contribution >= 4 is 0 Å². The Kier molecular flexibility index (Phi) is 4.51. The molecule has 1 saturated heterocycles. The van der Waals surface area contributed by atoms with E-state index < -0.39 is 37.1 Å². The Bertz CT molecular complexity index is 404.